The van der Waals surface area contributed by atoms with Crippen LogP contribution >= 0.6 is 0 Å². The van der Waals surface area contributed by atoms with Crippen molar-refractivity contribution in [1.82, 2.24) is 4.90 Å². The van der Waals surface area contributed by atoms with E-state index in [9.17, 15) is 0 Å². The molecule has 1 saturated heterocycles. The van der Waals surface area contributed by atoms with Gasteiger partial charge in [0.1, 0.15) is 0 Å². The van der Waals surface area contributed by atoms with Gasteiger partial charge in [0.15, 0.2) is 0 Å². The normalized spacial score (nSPS) is 27.8. The van der Waals surface area contributed by atoms with E-state index in [1.54, 1.807) is 0 Å². The Morgan fingerprint density at radius 2 is 2.28 bits per heavy atom. The Morgan fingerprint density at radius 3 is 3.11 bits per heavy atom. The molecule has 0 saturated carbocycles. The highest BCUT2D eigenvalue weighted by Gasteiger charge is 2.26. The van der Waals surface area contributed by atoms with E-state index in [0.29, 0.717) is 6.10 Å². The summed E-state index contributed by atoms with van der Waals surface area (Å²) < 4.78 is 5.43. The van der Waals surface area contributed by atoms with E-state index in [-0.39, 0.29) is 0 Å². The first-order valence-electron chi connectivity index (χ1n) is 6.92. The molecule has 2 aliphatic rings. The van der Waals surface area contributed by atoms with Gasteiger partial charge in [-0.15, -0.1) is 0 Å². The quantitative estimate of drug-likeness (QED) is 0.882. The highest BCUT2D eigenvalue weighted by Crippen LogP contribution is 2.25. The van der Waals surface area contributed by atoms with Gasteiger partial charge in [0, 0.05) is 39.0 Å². The van der Waals surface area contributed by atoms with Crippen LogP contribution in [0.3, 0.4) is 0 Å². The van der Waals surface area contributed by atoms with Gasteiger partial charge in [0.25, 0.3) is 0 Å². The summed E-state index contributed by atoms with van der Waals surface area (Å²) in [6.45, 7) is 4.59. The molecule has 1 fully saturated rings. The fourth-order valence-corrected chi connectivity index (χ4v) is 3.16. The second-order valence-corrected chi connectivity index (χ2v) is 5.51. The minimum absolute atomic E-state index is 0.453. The number of hydrogen-bond acceptors (Lipinski definition) is 3. The van der Waals surface area contributed by atoms with Crippen LogP contribution in [0.5, 0.6) is 0 Å². The molecular weight excluding hydrogens is 224 g/mol. The van der Waals surface area contributed by atoms with E-state index in [4.69, 9.17) is 4.74 Å². The smallest absolute Gasteiger partial charge is 0.0710 e. The van der Waals surface area contributed by atoms with Gasteiger partial charge < -0.3 is 15.0 Å². The second-order valence-electron chi connectivity index (χ2n) is 5.51. The number of ether oxygens (including phenoxy) is 1. The number of benzene rings is 1. The van der Waals surface area contributed by atoms with Crippen LogP contribution in [0.25, 0.3) is 0 Å². The predicted molar refractivity (Wildman–Crippen MR) is 74.0 cm³/mol. The first-order valence-corrected chi connectivity index (χ1v) is 6.92. The summed E-state index contributed by atoms with van der Waals surface area (Å²) in [4.78, 5) is 2.55. The summed E-state index contributed by atoms with van der Waals surface area (Å²) in [6, 6.07) is 8.67. The molecule has 1 aromatic carbocycles. The number of hydrogen-bond donors (Lipinski definition) is 1. The van der Waals surface area contributed by atoms with Crippen molar-refractivity contribution in [3.63, 3.8) is 0 Å². The number of fused-ring (bicyclic) bond motifs is 1. The molecule has 0 amide bonds. The molecule has 0 aliphatic carbocycles. The Kier molecular flexibility index (Phi) is 3.52. The predicted octanol–water partition coefficient (Wildman–Crippen LogP) is 1.99. The molecule has 2 atom stereocenters. The van der Waals surface area contributed by atoms with Crippen molar-refractivity contribution in [2.75, 3.05) is 38.6 Å². The fourth-order valence-electron chi connectivity index (χ4n) is 3.16. The van der Waals surface area contributed by atoms with Crippen LogP contribution in [0.4, 0.5) is 5.69 Å². The largest absolute Gasteiger partial charge is 0.384 e. The molecule has 0 bridgehead atoms. The monoisotopic (exact) mass is 246 g/mol. The van der Waals surface area contributed by atoms with E-state index in [1.807, 2.05) is 7.11 Å². The lowest BCUT2D eigenvalue weighted by Gasteiger charge is -2.29. The van der Waals surface area contributed by atoms with E-state index < -0.39 is 0 Å². The highest BCUT2D eigenvalue weighted by atomic mass is 16.5. The summed E-state index contributed by atoms with van der Waals surface area (Å²) in [6.07, 6.45) is 2.85. The molecule has 0 aromatic heterocycles. The number of para-hydroxylation sites is 1. The lowest BCUT2D eigenvalue weighted by Crippen LogP contribution is -2.35. The van der Waals surface area contributed by atoms with Crippen LogP contribution in [0.2, 0.25) is 0 Å². The molecule has 2 unspecified atom stereocenters. The molecule has 3 heteroatoms. The van der Waals surface area contributed by atoms with Crippen molar-refractivity contribution in [3.8, 4) is 0 Å². The Labute approximate surface area is 109 Å². The van der Waals surface area contributed by atoms with Crippen LogP contribution in [0.15, 0.2) is 24.3 Å². The Morgan fingerprint density at radius 1 is 1.39 bits per heavy atom. The second kappa shape index (κ2) is 5.29. The van der Waals surface area contributed by atoms with E-state index in [1.165, 1.54) is 37.2 Å². The van der Waals surface area contributed by atoms with Crippen molar-refractivity contribution in [1.29, 1.82) is 0 Å². The van der Waals surface area contributed by atoms with Gasteiger partial charge in [-0.1, -0.05) is 18.2 Å². The molecule has 0 spiro atoms. The minimum atomic E-state index is 0.453. The van der Waals surface area contributed by atoms with E-state index in [2.05, 4.69) is 34.5 Å². The average Bonchev–Trinajstić information content (AvgIpc) is 2.86. The van der Waals surface area contributed by atoms with E-state index in [0.717, 1.165) is 19.0 Å². The number of nitrogens with one attached hydrogen (secondary N) is 1. The molecule has 1 aromatic rings. The maximum absolute atomic E-state index is 5.43. The molecule has 2 heterocycles. The zero-order chi connectivity index (χ0) is 12.4. The maximum atomic E-state index is 5.43. The van der Waals surface area contributed by atoms with Crippen molar-refractivity contribution in [2.45, 2.75) is 18.9 Å². The average molecular weight is 246 g/mol. The number of methoxy groups -OCH3 is 1. The third-order valence-corrected chi connectivity index (χ3v) is 4.19. The fraction of sp³-hybridized carbons (Fsp3) is 0.600. The summed E-state index contributed by atoms with van der Waals surface area (Å²) in [5.74, 6) is 0.732. The molecule has 18 heavy (non-hydrogen) atoms. The minimum Gasteiger partial charge on any atom is -0.384 e. The van der Waals surface area contributed by atoms with Crippen molar-refractivity contribution >= 4 is 5.69 Å². The lowest BCUT2D eigenvalue weighted by atomic mass is 9.93. The van der Waals surface area contributed by atoms with Gasteiger partial charge in [-0.05, 0) is 30.4 Å². The molecule has 3 nitrogen and oxygen atoms in total. The summed E-state index contributed by atoms with van der Waals surface area (Å²) in [5, 5.41) is 3.55. The van der Waals surface area contributed by atoms with Gasteiger partial charge in [0.05, 0.1) is 6.10 Å². The molecule has 0 radical (unpaired) electrons. The SMILES string of the molecule is COC1CCN(CC2CNc3ccccc3C2)C1. The van der Waals surface area contributed by atoms with Crippen LogP contribution in [0, 0.1) is 5.92 Å². The first kappa shape index (κ1) is 12.0. The molecule has 98 valence electrons. The molecular formula is C15H22N2O. The van der Waals surface area contributed by atoms with Crippen LogP contribution in [-0.4, -0.2) is 44.3 Å². The van der Waals surface area contributed by atoms with Gasteiger partial charge in [-0.25, -0.2) is 0 Å². The molecule has 2 aliphatic heterocycles. The van der Waals surface area contributed by atoms with Gasteiger partial charge in [-0.2, -0.15) is 0 Å². The van der Waals surface area contributed by atoms with Crippen LogP contribution < -0.4 is 5.32 Å². The summed E-state index contributed by atoms with van der Waals surface area (Å²) in [5.41, 5.74) is 2.79. The Balaban J connectivity index is 1.57. The molecule has 3 rings (SSSR count). The van der Waals surface area contributed by atoms with Gasteiger partial charge in [-0.3, -0.25) is 0 Å². The number of anilines is 1. The lowest BCUT2D eigenvalue weighted by molar-refractivity contribution is 0.106. The summed E-state index contributed by atoms with van der Waals surface area (Å²) >= 11 is 0. The Bertz CT molecular complexity index is 407. The topological polar surface area (TPSA) is 24.5 Å². The maximum Gasteiger partial charge on any atom is 0.0710 e. The van der Waals surface area contributed by atoms with E-state index >= 15 is 0 Å². The number of rotatable bonds is 3. The van der Waals surface area contributed by atoms with Gasteiger partial charge >= 0.3 is 0 Å². The van der Waals surface area contributed by atoms with Crippen molar-refractivity contribution in [2.24, 2.45) is 5.92 Å². The summed E-state index contributed by atoms with van der Waals surface area (Å²) in [7, 11) is 1.83. The third kappa shape index (κ3) is 2.52. The number of nitrogens with zero attached hydrogens (tertiary/aromatic N) is 1. The Hall–Kier alpha value is -1.06. The third-order valence-electron chi connectivity index (χ3n) is 4.19. The van der Waals surface area contributed by atoms with Crippen molar-refractivity contribution < 1.29 is 4.74 Å². The zero-order valence-corrected chi connectivity index (χ0v) is 11.1. The number of likely N-dealkylation sites (tertiary alicyclic amines) is 1. The first-order chi connectivity index (χ1) is 8.85. The highest BCUT2D eigenvalue weighted by molar-refractivity contribution is 5.53. The van der Waals surface area contributed by atoms with Crippen molar-refractivity contribution in [3.05, 3.63) is 29.8 Å². The zero-order valence-electron chi connectivity index (χ0n) is 11.1. The van der Waals surface area contributed by atoms with Gasteiger partial charge in [0.2, 0.25) is 0 Å². The van der Waals surface area contributed by atoms with Crippen LogP contribution in [0.1, 0.15) is 12.0 Å². The standard InChI is InChI=1S/C15H22N2O/c1-18-14-6-7-17(11-14)10-12-8-13-4-2-3-5-15(13)16-9-12/h2-5,12,14,16H,6-11H2,1H3. The van der Waals surface area contributed by atoms with Crippen LogP contribution in [-0.2, 0) is 11.2 Å². The molecule has 1 N–H and O–H groups in total.